The molecule has 0 saturated carbocycles. The molecule has 0 unspecified atom stereocenters. The van der Waals surface area contributed by atoms with Crippen LogP contribution in [0, 0.1) is 5.92 Å². The summed E-state index contributed by atoms with van der Waals surface area (Å²) in [5.41, 5.74) is 0. The molecule has 1 aliphatic rings. The summed E-state index contributed by atoms with van der Waals surface area (Å²) in [6, 6.07) is 4.23. The predicted molar refractivity (Wildman–Crippen MR) is 82.6 cm³/mol. The van der Waals surface area contributed by atoms with Crippen LogP contribution < -0.4 is 5.32 Å². The van der Waals surface area contributed by atoms with Crippen molar-refractivity contribution in [3.05, 3.63) is 23.7 Å². The Balaban J connectivity index is 1.77. The first-order valence-corrected chi connectivity index (χ1v) is 7.82. The van der Waals surface area contributed by atoms with Crippen molar-refractivity contribution in [2.75, 3.05) is 39.8 Å². The lowest BCUT2D eigenvalue weighted by atomic mass is 10.2. The number of hydrogen-bond acceptors (Lipinski definition) is 4. The van der Waals surface area contributed by atoms with E-state index in [0.29, 0.717) is 5.92 Å². The molecule has 1 saturated heterocycles. The molecule has 1 aromatic heterocycles. The quantitative estimate of drug-likeness (QED) is 0.865. The summed E-state index contributed by atoms with van der Waals surface area (Å²) < 4.78 is 5.92. The molecule has 1 aliphatic heterocycles. The van der Waals surface area contributed by atoms with Gasteiger partial charge in [0.05, 0.1) is 13.1 Å². The van der Waals surface area contributed by atoms with Crippen LogP contribution in [0.25, 0.3) is 0 Å². The highest BCUT2D eigenvalue weighted by molar-refractivity contribution is 5.07. The van der Waals surface area contributed by atoms with Crippen molar-refractivity contribution < 1.29 is 4.42 Å². The first-order valence-electron chi connectivity index (χ1n) is 7.82. The summed E-state index contributed by atoms with van der Waals surface area (Å²) in [4.78, 5) is 4.90. The van der Waals surface area contributed by atoms with Crippen molar-refractivity contribution in [3.63, 3.8) is 0 Å². The Bertz CT molecular complexity index is 389. The Morgan fingerprint density at radius 1 is 1.15 bits per heavy atom. The van der Waals surface area contributed by atoms with Crippen molar-refractivity contribution in [1.29, 1.82) is 0 Å². The van der Waals surface area contributed by atoms with Gasteiger partial charge in [-0.3, -0.25) is 4.90 Å². The smallest absolute Gasteiger partial charge is 0.118 e. The minimum absolute atomic E-state index is 0.679. The largest absolute Gasteiger partial charge is 0.463 e. The Morgan fingerprint density at radius 3 is 2.75 bits per heavy atom. The molecule has 0 bridgehead atoms. The zero-order valence-electron chi connectivity index (χ0n) is 13.2. The second-order valence-corrected chi connectivity index (χ2v) is 6.33. The summed E-state index contributed by atoms with van der Waals surface area (Å²) in [7, 11) is 2.20. The third kappa shape index (κ3) is 5.27. The Labute approximate surface area is 123 Å². The van der Waals surface area contributed by atoms with Gasteiger partial charge in [0.2, 0.25) is 0 Å². The summed E-state index contributed by atoms with van der Waals surface area (Å²) in [6.45, 7) is 11.9. The molecule has 4 heteroatoms. The van der Waals surface area contributed by atoms with Gasteiger partial charge in [0, 0.05) is 13.1 Å². The summed E-state index contributed by atoms with van der Waals surface area (Å²) >= 11 is 0. The minimum Gasteiger partial charge on any atom is -0.463 e. The van der Waals surface area contributed by atoms with E-state index in [1.165, 1.54) is 19.5 Å². The highest BCUT2D eigenvalue weighted by atomic mass is 16.3. The van der Waals surface area contributed by atoms with E-state index in [1.807, 2.05) is 0 Å². The summed E-state index contributed by atoms with van der Waals surface area (Å²) in [5.74, 6) is 2.82. The molecule has 2 rings (SSSR count). The van der Waals surface area contributed by atoms with Gasteiger partial charge >= 0.3 is 0 Å². The van der Waals surface area contributed by atoms with Crippen LogP contribution in [-0.4, -0.2) is 49.6 Å². The molecular formula is C16H29N3O. The van der Waals surface area contributed by atoms with Gasteiger partial charge in [0.1, 0.15) is 11.5 Å². The number of hydrogen-bond donors (Lipinski definition) is 1. The monoisotopic (exact) mass is 279 g/mol. The van der Waals surface area contributed by atoms with Gasteiger partial charge in [0.25, 0.3) is 0 Å². The molecule has 2 heterocycles. The molecule has 0 aliphatic carbocycles. The first-order chi connectivity index (χ1) is 9.63. The minimum atomic E-state index is 0.679. The fourth-order valence-corrected chi connectivity index (χ4v) is 2.56. The van der Waals surface area contributed by atoms with Crippen LogP contribution in [0.1, 0.15) is 31.8 Å². The maximum Gasteiger partial charge on any atom is 0.118 e. The van der Waals surface area contributed by atoms with Crippen LogP contribution in [0.3, 0.4) is 0 Å². The van der Waals surface area contributed by atoms with E-state index < -0.39 is 0 Å². The molecule has 0 atom stereocenters. The van der Waals surface area contributed by atoms with E-state index in [2.05, 4.69) is 48.1 Å². The molecule has 1 N–H and O–H groups in total. The maximum absolute atomic E-state index is 5.92. The molecule has 4 nitrogen and oxygen atoms in total. The number of nitrogens with one attached hydrogen (secondary N) is 1. The second kappa shape index (κ2) is 7.81. The van der Waals surface area contributed by atoms with E-state index in [1.54, 1.807) is 0 Å². The Morgan fingerprint density at radius 2 is 1.95 bits per heavy atom. The van der Waals surface area contributed by atoms with Gasteiger partial charge in [-0.2, -0.15) is 0 Å². The molecule has 0 aromatic carbocycles. The Kier molecular flexibility index (Phi) is 6.07. The number of rotatable bonds is 6. The molecule has 114 valence electrons. The zero-order chi connectivity index (χ0) is 14.4. The fourth-order valence-electron chi connectivity index (χ4n) is 2.56. The number of furan rings is 1. The van der Waals surface area contributed by atoms with E-state index in [-0.39, 0.29) is 0 Å². The van der Waals surface area contributed by atoms with Gasteiger partial charge in [0.15, 0.2) is 0 Å². The summed E-state index contributed by atoms with van der Waals surface area (Å²) in [5, 5.41) is 3.42. The molecule has 20 heavy (non-hydrogen) atoms. The van der Waals surface area contributed by atoms with E-state index in [9.17, 15) is 0 Å². The van der Waals surface area contributed by atoms with Crippen molar-refractivity contribution in [3.8, 4) is 0 Å². The van der Waals surface area contributed by atoms with Crippen LogP contribution in [0.2, 0.25) is 0 Å². The van der Waals surface area contributed by atoms with Crippen molar-refractivity contribution in [2.24, 2.45) is 5.92 Å². The van der Waals surface area contributed by atoms with Crippen molar-refractivity contribution in [2.45, 2.75) is 33.4 Å². The molecule has 0 spiro atoms. The second-order valence-electron chi connectivity index (χ2n) is 6.33. The normalized spacial score (nSPS) is 18.6. The predicted octanol–water partition coefficient (Wildman–Crippen LogP) is 2.16. The van der Waals surface area contributed by atoms with Gasteiger partial charge < -0.3 is 14.6 Å². The van der Waals surface area contributed by atoms with Gasteiger partial charge in [-0.1, -0.05) is 13.8 Å². The molecule has 1 aromatic rings. The average molecular weight is 279 g/mol. The van der Waals surface area contributed by atoms with Crippen LogP contribution in [0.4, 0.5) is 0 Å². The van der Waals surface area contributed by atoms with E-state index >= 15 is 0 Å². The van der Waals surface area contributed by atoms with E-state index in [0.717, 1.165) is 44.2 Å². The molecule has 1 fully saturated rings. The highest BCUT2D eigenvalue weighted by Gasteiger charge is 2.13. The first kappa shape index (κ1) is 15.5. The lowest BCUT2D eigenvalue weighted by Crippen LogP contribution is -2.28. The average Bonchev–Trinajstić information content (AvgIpc) is 2.72. The SMILES string of the molecule is CC(C)CNCc1ccc(CN2CCCN(C)CC2)o1. The molecule has 0 amide bonds. The van der Waals surface area contributed by atoms with Crippen LogP contribution >= 0.6 is 0 Å². The van der Waals surface area contributed by atoms with Crippen molar-refractivity contribution >= 4 is 0 Å². The zero-order valence-corrected chi connectivity index (χ0v) is 13.2. The van der Waals surface area contributed by atoms with Gasteiger partial charge in [-0.25, -0.2) is 0 Å². The number of nitrogens with zero attached hydrogens (tertiary/aromatic N) is 2. The standard InChI is InChI=1S/C16H29N3O/c1-14(2)11-17-12-15-5-6-16(20-15)13-19-8-4-7-18(3)9-10-19/h5-6,14,17H,4,7-13H2,1-3H3. The molecule has 0 radical (unpaired) electrons. The highest BCUT2D eigenvalue weighted by Crippen LogP contribution is 2.12. The summed E-state index contributed by atoms with van der Waals surface area (Å²) in [6.07, 6.45) is 1.25. The van der Waals surface area contributed by atoms with Crippen LogP contribution in [-0.2, 0) is 13.1 Å². The fraction of sp³-hybridized carbons (Fsp3) is 0.750. The third-order valence-electron chi connectivity index (χ3n) is 3.76. The van der Waals surface area contributed by atoms with Gasteiger partial charge in [-0.05, 0) is 51.2 Å². The lowest BCUT2D eigenvalue weighted by molar-refractivity contribution is 0.245. The topological polar surface area (TPSA) is 31.6 Å². The van der Waals surface area contributed by atoms with Gasteiger partial charge in [-0.15, -0.1) is 0 Å². The van der Waals surface area contributed by atoms with Crippen LogP contribution in [0.15, 0.2) is 16.5 Å². The van der Waals surface area contributed by atoms with E-state index in [4.69, 9.17) is 4.42 Å². The molecular weight excluding hydrogens is 250 g/mol. The maximum atomic E-state index is 5.92. The van der Waals surface area contributed by atoms with Crippen LogP contribution in [0.5, 0.6) is 0 Å². The number of likely N-dealkylation sites (N-methyl/N-ethyl adjacent to an activating group) is 1. The van der Waals surface area contributed by atoms with Crippen molar-refractivity contribution in [1.82, 2.24) is 15.1 Å². The Hall–Kier alpha value is -0.840. The third-order valence-corrected chi connectivity index (χ3v) is 3.76. The lowest BCUT2D eigenvalue weighted by Gasteiger charge is -2.18.